The maximum absolute atomic E-state index is 5.60. The molecule has 4 nitrogen and oxygen atoms in total. The van der Waals surface area contributed by atoms with Crippen LogP contribution in [0.3, 0.4) is 0 Å². The summed E-state index contributed by atoms with van der Waals surface area (Å²) < 4.78 is 5.45. The summed E-state index contributed by atoms with van der Waals surface area (Å²) in [4.78, 5) is 4.82. The van der Waals surface area contributed by atoms with Crippen LogP contribution < -0.4 is 15.8 Å². The van der Waals surface area contributed by atoms with Crippen molar-refractivity contribution in [2.75, 3.05) is 19.0 Å². The molecule has 0 spiro atoms. The Bertz CT molecular complexity index is 640. The van der Waals surface area contributed by atoms with E-state index in [-0.39, 0.29) is 0 Å². The molecule has 1 atom stereocenters. The third kappa shape index (κ3) is 3.69. The molecule has 0 aliphatic heterocycles. The molecule has 0 radical (unpaired) electrons. The van der Waals surface area contributed by atoms with Gasteiger partial charge in [-0.3, -0.25) is 4.98 Å². The maximum atomic E-state index is 5.60. The number of methoxy groups -OCH3 is 1. The summed E-state index contributed by atoms with van der Waals surface area (Å²) in [7, 11) is 1.70. The summed E-state index contributed by atoms with van der Waals surface area (Å²) in [5, 5.41) is 4.72. The van der Waals surface area contributed by atoms with E-state index in [0.717, 1.165) is 53.8 Å². The standard InChI is InChI=1S/C18H27N3O/c1-5-14-9-12(2)16-10-15(22-4)11-17(18(16)21-14)20-13(3)7-6-8-19/h9-11,13,20H,5-8,19H2,1-4H3. The van der Waals surface area contributed by atoms with Crippen LogP contribution in [0, 0.1) is 6.92 Å². The van der Waals surface area contributed by atoms with Crippen LogP contribution >= 0.6 is 0 Å². The van der Waals surface area contributed by atoms with Crippen molar-refractivity contribution in [1.29, 1.82) is 0 Å². The highest BCUT2D eigenvalue weighted by Gasteiger charge is 2.12. The van der Waals surface area contributed by atoms with Crippen LogP contribution in [0.2, 0.25) is 0 Å². The number of hydrogen-bond acceptors (Lipinski definition) is 4. The molecule has 0 aliphatic carbocycles. The monoisotopic (exact) mass is 301 g/mol. The average Bonchev–Trinajstić information content (AvgIpc) is 2.53. The zero-order valence-corrected chi connectivity index (χ0v) is 14.1. The van der Waals surface area contributed by atoms with Crippen LogP contribution in [-0.2, 0) is 6.42 Å². The average molecular weight is 301 g/mol. The van der Waals surface area contributed by atoms with E-state index in [2.05, 4.69) is 38.2 Å². The van der Waals surface area contributed by atoms with Crippen molar-refractivity contribution in [2.24, 2.45) is 5.73 Å². The molecule has 0 saturated heterocycles. The first kappa shape index (κ1) is 16.6. The molecule has 1 aromatic heterocycles. The number of benzene rings is 1. The lowest BCUT2D eigenvalue weighted by molar-refractivity contribution is 0.415. The second-order valence-corrected chi connectivity index (χ2v) is 5.83. The Balaban J connectivity index is 2.47. The topological polar surface area (TPSA) is 60.2 Å². The van der Waals surface area contributed by atoms with Gasteiger partial charge < -0.3 is 15.8 Å². The van der Waals surface area contributed by atoms with Crippen molar-refractivity contribution >= 4 is 16.6 Å². The first-order valence-electron chi connectivity index (χ1n) is 8.03. The van der Waals surface area contributed by atoms with Gasteiger partial charge in [0.15, 0.2) is 0 Å². The van der Waals surface area contributed by atoms with Crippen LogP contribution in [0.4, 0.5) is 5.69 Å². The molecule has 0 bridgehead atoms. The SMILES string of the molecule is CCc1cc(C)c2cc(OC)cc(NC(C)CCCN)c2n1. The van der Waals surface area contributed by atoms with Crippen molar-refractivity contribution in [1.82, 2.24) is 4.98 Å². The number of pyridine rings is 1. The van der Waals surface area contributed by atoms with E-state index in [0.29, 0.717) is 6.04 Å². The Labute approximate surface area is 133 Å². The Morgan fingerprint density at radius 2 is 2.09 bits per heavy atom. The minimum absolute atomic E-state index is 0.353. The molecule has 0 saturated carbocycles. The van der Waals surface area contributed by atoms with E-state index in [1.54, 1.807) is 7.11 Å². The fourth-order valence-corrected chi connectivity index (χ4v) is 2.70. The number of rotatable bonds is 7. The number of aryl methyl sites for hydroxylation is 2. The molecule has 120 valence electrons. The second kappa shape index (κ2) is 7.45. The number of nitrogens with zero attached hydrogens (tertiary/aromatic N) is 1. The number of nitrogens with two attached hydrogens (primary N) is 1. The molecule has 4 heteroatoms. The van der Waals surface area contributed by atoms with Gasteiger partial charge in [-0.1, -0.05) is 6.92 Å². The zero-order valence-electron chi connectivity index (χ0n) is 14.1. The van der Waals surface area contributed by atoms with Gasteiger partial charge in [-0.15, -0.1) is 0 Å². The first-order valence-corrected chi connectivity index (χ1v) is 8.03. The van der Waals surface area contributed by atoms with Crippen molar-refractivity contribution < 1.29 is 4.74 Å². The van der Waals surface area contributed by atoms with E-state index < -0.39 is 0 Å². The van der Waals surface area contributed by atoms with Crippen LogP contribution in [0.1, 0.15) is 37.9 Å². The van der Waals surface area contributed by atoms with Crippen molar-refractivity contribution in [3.8, 4) is 5.75 Å². The molecule has 0 amide bonds. The number of nitrogens with one attached hydrogen (secondary N) is 1. The Morgan fingerprint density at radius 1 is 1.32 bits per heavy atom. The van der Waals surface area contributed by atoms with Crippen LogP contribution in [-0.4, -0.2) is 24.7 Å². The van der Waals surface area contributed by atoms with Gasteiger partial charge in [0.25, 0.3) is 0 Å². The summed E-state index contributed by atoms with van der Waals surface area (Å²) in [6.45, 7) is 7.16. The largest absolute Gasteiger partial charge is 0.497 e. The van der Waals surface area contributed by atoms with Crippen LogP contribution in [0.25, 0.3) is 10.9 Å². The normalized spacial score (nSPS) is 12.4. The Hall–Kier alpha value is -1.81. The molecule has 22 heavy (non-hydrogen) atoms. The molecule has 2 aromatic rings. The number of anilines is 1. The third-order valence-electron chi connectivity index (χ3n) is 3.99. The lowest BCUT2D eigenvalue weighted by Crippen LogP contribution is -2.17. The molecule has 3 N–H and O–H groups in total. The molecule has 0 aliphatic rings. The molecule has 2 rings (SSSR count). The summed E-state index contributed by atoms with van der Waals surface area (Å²) in [5.41, 5.74) is 10.0. The third-order valence-corrected chi connectivity index (χ3v) is 3.99. The summed E-state index contributed by atoms with van der Waals surface area (Å²) in [6, 6.07) is 6.61. The molecule has 1 heterocycles. The van der Waals surface area contributed by atoms with Gasteiger partial charge in [-0.25, -0.2) is 0 Å². The number of aromatic nitrogens is 1. The van der Waals surface area contributed by atoms with E-state index in [4.69, 9.17) is 15.5 Å². The number of fused-ring (bicyclic) bond motifs is 1. The lowest BCUT2D eigenvalue weighted by atomic mass is 10.1. The fraction of sp³-hybridized carbons (Fsp3) is 0.500. The summed E-state index contributed by atoms with van der Waals surface area (Å²) >= 11 is 0. The smallest absolute Gasteiger partial charge is 0.121 e. The maximum Gasteiger partial charge on any atom is 0.121 e. The number of hydrogen-bond donors (Lipinski definition) is 2. The zero-order chi connectivity index (χ0) is 16.1. The van der Waals surface area contributed by atoms with Gasteiger partial charge in [0.1, 0.15) is 5.75 Å². The lowest BCUT2D eigenvalue weighted by Gasteiger charge is -2.18. The van der Waals surface area contributed by atoms with Gasteiger partial charge in [-0.05, 0) is 57.4 Å². The van der Waals surface area contributed by atoms with Crippen molar-refractivity contribution in [3.05, 3.63) is 29.5 Å². The fourth-order valence-electron chi connectivity index (χ4n) is 2.70. The van der Waals surface area contributed by atoms with Gasteiger partial charge in [0.2, 0.25) is 0 Å². The van der Waals surface area contributed by atoms with Gasteiger partial charge in [0, 0.05) is 23.2 Å². The molecular formula is C18H27N3O. The van der Waals surface area contributed by atoms with E-state index in [9.17, 15) is 0 Å². The molecule has 1 aromatic carbocycles. The highest BCUT2D eigenvalue weighted by molar-refractivity contribution is 5.94. The van der Waals surface area contributed by atoms with Crippen LogP contribution in [0.5, 0.6) is 5.75 Å². The predicted octanol–water partition coefficient (Wildman–Crippen LogP) is 3.65. The molecule has 0 fully saturated rings. The first-order chi connectivity index (χ1) is 10.6. The quantitative estimate of drug-likeness (QED) is 0.819. The van der Waals surface area contributed by atoms with Gasteiger partial charge in [0.05, 0.1) is 18.3 Å². The second-order valence-electron chi connectivity index (χ2n) is 5.83. The van der Waals surface area contributed by atoms with Crippen LogP contribution in [0.15, 0.2) is 18.2 Å². The highest BCUT2D eigenvalue weighted by atomic mass is 16.5. The minimum Gasteiger partial charge on any atom is -0.497 e. The van der Waals surface area contributed by atoms with Gasteiger partial charge >= 0.3 is 0 Å². The Morgan fingerprint density at radius 3 is 2.73 bits per heavy atom. The summed E-state index contributed by atoms with van der Waals surface area (Å²) in [6.07, 6.45) is 3.00. The number of ether oxygens (including phenoxy) is 1. The van der Waals surface area contributed by atoms with E-state index in [1.807, 2.05) is 6.07 Å². The molecule has 1 unspecified atom stereocenters. The van der Waals surface area contributed by atoms with E-state index in [1.165, 1.54) is 5.56 Å². The predicted molar refractivity (Wildman–Crippen MR) is 93.8 cm³/mol. The molecular weight excluding hydrogens is 274 g/mol. The van der Waals surface area contributed by atoms with E-state index >= 15 is 0 Å². The highest BCUT2D eigenvalue weighted by Crippen LogP contribution is 2.31. The Kier molecular flexibility index (Phi) is 5.61. The van der Waals surface area contributed by atoms with Crippen molar-refractivity contribution in [3.63, 3.8) is 0 Å². The summed E-state index contributed by atoms with van der Waals surface area (Å²) in [5.74, 6) is 0.857. The van der Waals surface area contributed by atoms with Gasteiger partial charge in [-0.2, -0.15) is 0 Å². The minimum atomic E-state index is 0.353. The van der Waals surface area contributed by atoms with Crippen molar-refractivity contribution in [2.45, 2.75) is 46.1 Å².